The van der Waals surface area contributed by atoms with E-state index >= 15 is 0 Å². The van der Waals surface area contributed by atoms with E-state index in [-0.39, 0.29) is 11.7 Å². The van der Waals surface area contributed by atoms with Crippen LogP contribution in [0.25, 0.3) is 11.2 Å². The van der Waals surface area contributed by atoms with E-state index in [1.54, 1.807) is 7.11 Å². The van der Waals surface area contributed by atoms with E-state index in [9.17, 15) is 4.79 Å². The van der Waals surface area contributed by atoms with Crippen LogP contribution < -0.4 is 15.0 Å². The van der Waals surface area contributed by atoms with E-state index in [1.807, 2.05) is 22.8 Å². The van der Waals surface area contributed by atoms with Gasteiger partial charge in [0.15, 0.2) is 22.7 Å². The van der Waals surface area contributed by atoms with E-state index in [2.05, 4.69) is 15.0 Å². The molecule has 1 fully saturated rings. The largest absolute Gasteiger partial charge is 0.493 e. The summed E-state index contributed by atoms with van der Waals surface area (Å²) in [6.07, 6.45) is 7.90. The number of fused-ring (bicyclic) bond motifs is 1. The van der Waals surface area contributed by atoms with Crippen LogP contribution >= 0.6 is 0 Å². The molecule has 0 spiro atoms. The average Bonchev–Trinajstić information content (AvgIpc) is 3.30. The van der Waals surface area contributed by atoms with Gasteiger partial charge in [-0.3, -0.25) is 4.79 Å². The Hall–Kier alpha value is -2.83. The number of methoxy groups -OCH3 is 1. The molecule has 7 heteroatoms. The molecular weight excluding hydrogens is 320 g/mol. The van der Waals surface area contributed by atoms with E-state index in [0.717, 1.165) is 29.9 Å². The van der Waals surface area contributed by atoms with Gasteiger partial charge >= 0.3 is 0 Å². The Bertz CT molecular complexity index is 941. The van der Waals surface area contributed by atoms with Crippen molar-refractivity contribution >= 4 is 11.2 Å². The molecule has 130 valence electrons. The SMILES string of the molecule is COc1ccc(Cn2cnc(=O)c3[nH]cnc32)cc1OC1CCCC1. The van der Waals surface area contributed by atoms with Crippen LogP contribution in [-0.2, 0) is 6.54 Å². The topological polar surface area (TPSA) is 82.0 Å². The predicted molar refractivity (Wildman–Crippen MR) is 93.1 cm³/mol. The monoisotopic (exact) mass is 340 g/mol. The molecule has 0 unspecified atom stereocenters. The lowest BCUT2D eigenvalue weighted by Crippen LogP contribution is -2.14. The van der Waals surface area contributed by atoms with Crippen molar-refractivity contribution in [1.82, 2.24) is 19.5 Å². The number of aromatic nitrogens is 4. The summed E-state index contributed by atoms with van der Waals surface area (Å²) in [5.74, 6) is 1.50. The molecule has 2 heterocycles. The molecule has 0 amide bonds. The number of H-pyrrole nitrogens is 1. The normalized spacial score (nSPS) is 14.9. The van der Waals surface area contributed by atoms with Gasteiger partial charge in [0.2, 0.25) is 0 Å². The molecule has 1 aliphatic rings. The number of benzene rings is 1. The second-order valence-corrected chi connectivity index (χ2v) is 6.29. The van der Waals surface area contributed by atoms with E-state index in [0.29, 0.717) is 17.7 Å². The minimum absolute atomic E-state index is 0.260. The third-order valence-corrected chi connectivity index (χ3v) is 4.60. The first kappa shape index (κ1) is 15.7. The number of hydrogen-bond acceptors (Lipinski definition) is 5. The third-order valence-electron chi connectivity index (χ3n) is 4.60. The van der Waals surface area contributed by atoms with Crippen LogP contribution in [0.4, 0.5) is 0 Å². The maximum Gasteiger partial charge on any atom is 0.298 e. The zero-order valence-corrected chi connectivity index (χ0v) is 14.1. The number of nitrogens with one attached hydrogen (secondary N) is 1. The van der Waals surface area contributed by atoms with E-state index in [4.69, 9.17) is 9.47 Å². The molecular formula is C18H20N4O3. The fraction of sp³-hybridized carbons (Fsp3) is 0.389. The number of nitrogens with zero attached hydrogens (tertiary/aromatic N) is 3. The lowest BCUT2D eigenvalue weighted by atomic mass is 10.2. The molecule has 4 rings (SSSR count). The Morgan fingerprint density at radius 3 is 2.88 bits per heavy atom. The summed E-state index contributed by atoms with van der Waals surface area (Å²) in [5.41, 5.74) is 1.74. The molecule has 7 nitrogen and oxygen atoms in total. The number of ether oxygens (including phenoxy) is 2. The molecule has 0 bridgehead atoms. The van der Waals surface area contributed by atoms with Gasteiger partial charge in [0.1, 0.15) is 6.33 Å². The van der Waals surface area contributed by atoms with Crippen molar-refractivity contribution in [2.24, 2.45) is 0 Å². The molecule has 1 saturated carbocycles. The lowest BCUT2D eigenvalue weighted by Gasteiger charge is -2.17. The first-order chi connectivity index (χ1) is 12.2. The molecule has 0 atom stereocenters. The van der Waals surface area contributed by atoms with Gasteiger partial charge in [-0.1, -0.05) is 6.07 Å². The molecule has 0 radical (unpaired) electrons. The highest BCUT2D eigenvalue weighted by Crippen LogP contribution is 2.32. The van der Waals surface area contributed by atoms with Gasteiger partial charge in [-0.15, -0.1) is 0 Å². The Morgan fingerprint density at radius 2 is 2.08 bits per heavy atom. The fourth-order valence-corrected chi connectivity index (χ4v) is 3.31. The summed E-state index contributed by atoms with van der Waals surface area (Å²) < 4.78 is 13.4. The van der Waals surface area contributed by atoms with Crippen LogP contribution in [0, 0.1) is 0 Å². The summed E-state index contributed by atoms with van der Waals surface area (Å²) in [6, 6.07) is 5.89. The fourth-order valence-electron chi connectivity index (χ4n) is 3.31. The Balaban J connectivity index is 1.64. The van der Waals surface area contributed by atoms with Crippen molar-refractivity contribution in [1.29, 1.82) is 0 Å². The average molecular weight is 340 g/mol. The number of aromatic amines is 1. The van der Waals surface area contributed by atoms with Crippen molar-refractivity contribution in [3.05, 3.63) is 46.8 Å². The van der Waals surface area contributed by atoms with Gasteiger partial charge in [-0.05, 0) is 43.4 Å². The Morgan fingerprint density at radius 1 is 1.24 bits per heavy atom. The zero-order valence-electron chi connectivity index (χ0n) is 14.1. The zero-order chi connectivity index (χ0) is 17.2. The second-order valence-electron chi connectivity index (χ2n) is 6.29. The van der Waals surface area contributed by atoms with E-state index in [1.165, 1.54) is 25.5 Å². The third kappa shape index (κ3) is 3.09. The molecule has 3 aromatic rings. The summed E-state index contributed by atoms with van der Waals surface area (Å²) in [7, 11) is 1.65. The molecule has 0 aliphatic heterocycles. The molecule has 1 N–H and O–H groups in total. The molecule has 1 aliphatic carbocycles. The van der Waals surface area contributed by atoms with Gasteiger partial charge in [-0.25, -0.2) is 4.98 Å². The van der Waals surface area contributed by atoms with Crippen molar-refractivity contribution in [2.45, 2.75) is 38.3 Å². The second kappa shape index (κ2) is 6.58. The van der Waals surface area contributed by atoms with Crippen LogP contribution in [-0.4, -0.2) is 32.7 Å². The number of imidazole rings is 1. The number of rotatable bonds is 5. The van der Waals surface area contributed by atoms with Crippen LogP contribution in [0.5, 0.6) is 11.5 Å². The lowest BCUT2D eigenvalue weighted by molar-refractivity contribution is 0.200. The van der Waals surface area contributed by atoms with Gasteiger partial charge in [0.05, 0.1) is 26.1 Å². The van der Waals surface area contributed by atoms with Crippen molar-refractivity contribution in [3.8, 4) is 11.5 Å². The highest BCUT2D eigenvalue weighted by molar-refractivity contribution is 5.68. The van der Waals surface area contributed by atoms with Crippen molar-refractivity contribution < 1.29 is 9.47 Å². The molecule has 25 heavy (non-hydrogen) atoms. The maximum absolute atomic E-state index is 11.7. The summed E-state index contributed by atoms with van der Waals surface area (Å²) in [4.78, 5) is 22.7. The highest BCUT2D eigenvalue weighted by Gasteiger charge is 2.19. The van der Waals surface area contributed by atoms with Gasteiger partial charge in [0, 0.05) is 0 Å². The summed E-state index contributed by atoms with van der Waals surface area (Å²) in [5, 5.41) is 0. The molecule has 1 aromatic carbocycles. The summed E-state index contributed by atoms with van der Waals surface area (Å²) in [6.45, 7) is 0.541. The smallest absolute Gasteiger partial charge is 0.298 e. The predicted octanol–water partition coefficient (Wildman–Crippen LogP) is 2.50. The van der Waals surface area contributed by atoms with Gasteiger partial charge in [-0.2, -0.15) is 4.98 Å². The minimum Gasteiger partial charge on any atom is -0.493 e. The summed E-state index contributed by atoms with van der Waals surface area (Å²) >= 11 is 0. The first-order valence-corrected chi connectivity index (χ1v) is 8.46. The van der Waals surface area contributed by atoms with Crippen molar-refractivity contribution in [2.75, 3.05) is 7.11 Å². The van der Waals surface area contributed by atoms with Crippen LogP contribution in [0.2, 0.25) is 0 Å². The van der Waals surface area contributed by atoms with Crippen molar-refractivity contribution in [3.63, 3.8) is 0 Å². The highest BCUT2D eigenvalue weighted by atomic mass is 16.5. The molecule has 2 aromatic heterocycles. The molecule has 0 saturated heterocycles. The maximum atomic E-state index is 11.7. The standard InChI is InChI=1S/C18H20N4O3/c1-24-14-7-6-12(8-15(14)25-13-4-2-3-5-13)9-22-11-21-18(23)16-17(22)20-10-19-16/h6-8,10-11,13H,2-5,9H2,1H3,(H,19,20). The van der Waals surface area contributed by atoms with Crippen LogP contribution in [0.15, 0.2) is 35.6 Å². The van der Waals surface area contributed by atoms with Gasteiger partial charge < -0.3 is 19.0 Å². The number of hydrogen-bond donors (Lipinski definition) is 1. The minimum atomic E-state index is -0.302. The Kier molecular flexibility index (Phi) is 4.13. The van der Waals surface area contributed by atoms with Gasteiger partial charge in [0.25, 0.3) is 5.56 Å². The Labute approximate surface area is 144 Å². The van der Waals surface area contributed by atoms with Crippen LogP contribution in [0.3, 0.4) is 0 Å². The van der Waals surface area contributed by atoms with E-state index < -0.39 is 0 Å². The first-order valence-electron chi connectivity index (χ1n) is 8.46. The van der Waals surface area contributed by atoms with Crippen LogP contribution in [0.1, 0.15) is 31.2 Å². The quantitative estimate of drug-likeness (QED) is 0.772.